The molecule has 4 heterocycles. The topological polar surface area (TPSA) is 105 Å². The van der Waals surface area contributed by atoms with E-state index in [0.717, 1.165) is 16.6 Å². The molecule has 1 amide bonds. The van der Waals surface area contributed by atoms with Crippen molar-refractivity contribution in [3.8, 4) is 0 Å². The van der Waals surface area contributed by atoms with E-state index < -0.39 is 17.4 Å². The highest BCUT2D eigenvalue weighted by atomic mass is 32.1. The summed E-state index contributed by atoms with van der Waals surface area (Å²) in [7, 11) is 0. The molecule has 9 nitrogen and oxygen atoms in total. The Morgan fingerprint density at radius 3 is 2.93 bits per heavy atom. The van der Waals surface area contributed by atoms with E-state index in [2.05, 4.69) is 25.4 Å². The summed E-state index contributed by atoms with van der Waals surface area (Å²) in [6.45, 7) is 4.49. The van der Waals surface area contributed by atoms with Crippen molar-refractivity contribution in [3.05, 3.63) is 45.6 Å². The zero-order chi connectivity index (χ0) is 20.5. The van der Waals surface area contributed by atoms with Gasteiger partial charge in [-0.3, -0.25) is 19.6 Å². The highest BCUT2D eigenvalue weighted by Crippen LogP contribution is 2.29. The normalized spacial score (nSPS) is 16.5. The highest BCUT2D eigenvalue weighted by molar-refractivity contribution is 7.20. The molecule has 0 bridgehead atoms. The molecule has 1 saturated heterocycles. The van der Waals surface area contributed by atoms with E-state index in [1.165, 1.54) is 11.3 Å². The smallest absolute Gasteiger partial charge is 0.311 e. The molecule has 0 aliphatic carbocycles. The predicted octanol–water partition coefficient (Wildman–Crippen LogP) is 1.24. The van der Waals surface area contributed by atoms with Gasteiger partial charge < -0.3 is 10.2 Å². The van der Waals surface area contributed by atoms with Crippen molar-refractivity contribution < 1.29 is 9.18 Å². The Kier molecular flexibility index (Phi) is 5.22. The number of hydrogen-bond donors (Lipinski definition) is 1. The van der Waals surface area contributed by atoms with Gasteiger partial charge in [-0.05, 0) is 26.2 Å². The summed E-state index contributed by atoms with van der Waals surface area (Å²) < 4.78 is 15.1. The third-order valence-corrected chi connectivity index (χ3v) is 5.77. The fourth-order valence-electron chi connectivity index (χ4n) is 3.28. The Morgan fingerprint density at radius 2 is 2.21 bits per heavy atom. The van der Waals surface area contributed by atoms with Gasteiger partial charge in [0.05, 0.1) is 29.8 Å². The molecule has 1 atom stereocenters. The molecule has 1 aliphatic heterocycles. The van der Waals surface area contributed by atoms with E-state index in [9.17, 15) is 14.0 Å². The number of anilines is 1. The molecule has 0 spiro atoms. The largest absolute Gasteiger partial charge is 0.349 e. The Balaban J connectivity index is 1.54. The molecule has 4 rings (SSSR count). The van der Waals surface area contributed by atoms with Crippen LogP contribution in [0, 0.1) is 12.7 Å². The van der Waals surface area contributed by atoms with Gasteiger partial charge in [-0.15, -0.1) is 5.10 Å². The SMILES string of the molecule is CCc1nc2sc(N3CCCC3C(=O)NCc3cnc(C)cn3)nn2c(=O)c1F. The minimum atomic E-state index is -0.878. The van der Waals surface area contributed by atoms with Crippen LogP contribution in [0.5, 0.6) is 0 Å². The number of carbonyl (C=O) groups is 1. The van der Waals surface area contributed by atoms with Crippen molar-refractivity contribution in [1.82, 2.24) is 29.9 Å². The van der Waals surface area contributed by atoms with Crippen molar-refractivity contribution >= 4 is 27.3 Å². The molecule has 0 saturated carbocycles. The van der Waals surface area contributed by atoms with Gasteiger partial charge in [0.1, 0.15) is 6.04 Å². The number of aromatic nitrogens is 5. The van der Waals surface area contributed by atoms with Crippen LogP contribution >= 0.6 is 11.3 Å². The third kappa shape index (κ3) is 3.69. The fraction of sp³-hybridized carbons (Fsp3) is 0.444. The first-order valence-corrected chi connectivity index (χ1v) is 10.2. The van der Waals surface area contributed by atoms with Crippen LogP contribution in [-0.2, 0) is 17.8 Å². The van der Waals surface area contributed by atoms with Gasteiger partial charge in [-0.25, -0.2) is 4.98 Å². The van der Waals surface area contributed by atoms with Gasteiger partial charge in [-0.1, -0.05) is 18.3 Å². The third-order valence-electron chi connectivity index (χ3n) is 4.83. The molecule has 3 aromatic heterocycles. The van der Waals surface area contributed by atoms with E-state index in [1.807, 2.05) is 11.8 Å². The number of amides is 1. The first kappa shape index (κ1) is 19.4. The summed E-state index contributed by atoms with van der Waals surface area (Å²) in [5.41, 5.74) is 0.795. The van der Waals surface area contributed by atoms with Crippen molar-refractivity contribution in [2.24, 2.45) is 0 Å². The zero-order valence-corrected chi connectivity index (χ0v) is 16.9. The quantitative estimate of drug-likeness (QED) is 0.666. The van der Waals surface area contributed by atoms with Gasteiger partial charge in [0.2, 0.25) is 21.8 Å². The molecule has 1 N–H and O–H groups in total. The molecule has 11 heteroatoms. The minimum absolute atomic E-state index is 0.125. The molecule has 29 heavy (non-hydrogen) atoms. The number of carbonyl (C=O) groups excluding carboxylic acids is 1. The molecular weight excluding hydrogens is 397 g/mol. The van der Waals surface area contributed by atoms with Gasteiger partial charge in [-0.2, -0.15) is 8.91 Å². The maximum atomic E-state index is 14.1. The van der Waals surface area contributed by atoms with Crippen LogP contribution in [0.1, 0.15) is 36.8 Å². The van der Waals surface area contributed by atoms with Crippen LogP contribution in [0.25, 0.3) is 4.96 Å². The van der Waals surface area contributed by atoms with Crippen molar-refractivity contribution in [1.29, 1.82) is 0 Å². The Labute approximate surface area is 169 Å². The second-order valence-corrected chi connectivity index (χ2v) is 7.76. The lowest BCUT2D eigenvalue weighted by Crippen LogP contribution is -2.43. The molecule has 152 valence electrons. The monoisotopic (exact) mass is 417 g/mol. The molecule has 1 fully saturated rings. The molecule has 1 aliphatic rings. The van der Waals surface area contributed by atoms with E-state index in [0.29, 0.717) is 35.2 Å². The molecule has 0 aromatic carbocycles. The highest BCUT2D eigenvalue weighted by Gasteiger charge is 2.33. The van der Waals surface area contributed by atoms with E-state index >= 15 is 0 Å². The standard InChI is InChI=1S/C18H20FN7O2S/c1-3-12-14(19)16(28)26-17(23-12)29-18(24-26)25-6-4-5-13(25)15(27)22-9-11-8-20-10(2)7-21-11/h7-8,13H,3-6,9H2,1-2H3,(H,22,27). The Morgan fingerprint density at radius 1 is 1.38 bits per heavy atom. The van der Waals surface area contributed by atoms with Crippen LogP contribution < -0.4 is 15.8 Å². The molecule has 0 radical (unpaired) electrons. The van der Waals surface area contributed by atoms with Crippen LogP contribution in [0.2, 0.25) is 0 Å². The maximum Gasteiger partial charge on any atom is 0.311 e. The average Bonchev–Trinajstić information content (AvgIpc) is 3.37. The van der Waals surface area contributed by atoms with Crippen molar-refractivity contribution in [2.45, 2.75) is 45.7 Å². The minimum Gasteiger partial charge on any atom is -0.349 e. The second kappa shape index (κ2) is 7.82. The average molecular weight is 417 g/mol. The summed E-state index contributed by atoms with van der Waals surface area (Å²) in [5.74, 6) is -1.03. The van der Waals surface area contributed by atoms with Crippen LogP contribution in [0.15, 0.2) is 17.2 Å². The number of nitrogens with one attached hydrogen (secondary N) is 1. The molecule has 3 aromatic rings. The summed E-state index contributed by atoms with van der Waals surface area (Å²) in [4.78, 5) is 39.7. The van der Waals surface area contributed by atoms with Gasteiger partial charge >= 0.3 is 5.56 Å². The van der Waals surface area contributed by atoms with E-state index in [4.69, 9.17) is 0 Å². The summed E-state index contributed by atoms with van der Waals surface area (Å²) in [6, 6.07) is -0.417. The lowest BCUT2D eigenvalue weighted by Gasteiger charge is -2.22. The molecular formula is C18H20FN7O2S. The van der Waals surface area contributed by atoms with Gasteiger partial charge in [0, 0.05) is 12.7 Å². The van der Waals surface area contributed by atoms with Crippen LogP contribution in [0.3, 0.4) is 0 Å². The summed E-state index contributed by atoms with van der Waals surface area (Å²) in [6.07, 6.45) is 5.08. The number of hydrogen-bond acceptors (Lipinski definition) is 8. The van der Waals surface area contributed by atoms with Gasteiger partial charge in [0.25, 0.3) is 0 Å². The Hall–Kier alpha value is -2.95. The number of nitrogens with zero attached hydrogens (tertiary/aromatic N) is 6. The molecule has 1 unspecified atom stereocenters. The number of aryl methyl sites for hydroxylation is 2. The number of halogens is 1. The summed E-state index contributed by atoms with van der Waals surface area (Å²) in [5, 5.41) is 7.60. The summed E-state index contributed by atoms with van der Waals surface area (Å²) >= 11 is 1.18. The van der Waals surface area contributed by atoms with Crippen molar-refractivity contribution in [2.75, 3.05) is 11.4 Å². The number of fused-ring (bicyclic) bond motifs is 1. The lowest BCUT2D eigenvalue weighted by molar-refractivity contribution is -0.122. The van der Waals surface area contributed by atoms with Crippen LogP contribution in [-0.4, -0.2) is 43.1 Å². The maximum absolute atomic E-state index is 14.1. The lowest BCUT2D eigenvalue weighted by atomic mass is 10.2. The zero-order valence-electron chi connectivity index (χ0n) is 16.1. The van der Waals surface area contributed by atoms with E-state index in [-0.39, 0.29) is 18.1 Å². The van der Waals surface area contributed by atoms with E-state index in [1.54, 1.807) is 19.3 Å². The predicted molar refractivity (Wildman–Crippen MR) is 105 cm³/mol. The number of rotatable bonds is 5. The van der Waals surface area contributed by atoms with Crippen LogP contribution in [0.4, 0.5) is 9.52 Å². The second-order valence-electron chi connectivity index (χ2n) is 6.83. The first-order chi connectivity index (χ1) is 14.0. The van der Waals surface area contributed by atoms with Crippen molar-refractivity contribution in [3.63, 3.8) is 0 Å². The fourth-order valence-corrected chi connectivity index (χ4v) is 4.27. The van der Waals surface area contributed by atoms with Gasteiger partial charge in [0.15, 0.2) is 0 Å². The Bertz CT molecular complexity index is 1110. The first-order valence-electron chi connectivity index (χ1n) is 9.38.